The van der Waals surface area contributed by atoms with E-state index in [-0.39, 0.29) is 11.3 Å². The molecule has 0 saturated heterocycles. The Bertz CT molecular complexity index is 470. The highest BCUT2D eigenvalue weighted by molar-refractivity contribution is 5.80. The predicted octanol–water partition coefficient (Wildman–Crippen LogP) is 2.77. The standard InChI is InChI=1S/C15H22N2O3/c1-2-9-19-12-5-3-4-6-13(12)20-11-15(7-8-15)10-14(16)17-18/h3-6,18H,2,7-11H2,1H3,(H2,16,17). The molecular weight excluding hydrogens is 256 g/mol. The van der Waals surface area contributed by atoms with Crippen LogP contribution in [0, 0.1) is 5.41 Å². The van der Waals surface area contributed by atoms with Crippen molar-refractivity contribution in [1.29, 1.82) is 0 Å². The van der Waals surface area contributed by atoms with Crippen molar-refractivity contribution >= 4 is 5.84 Å². The summed E-state index contributed by atoms with van der Waals surface area (Å²) < 4.78 is 11.6. The molecule has 20 heavy (non-hydrogen) atoms. The minimum atomic E-state index is 0.0220. The third-order valence-corrected chi connectivity index (χ3v) is 3.49. The summed E-state index contributed by atoms with van der Waals surface area (Å²) in [5.74, 6) is 1.79. The quantitative estimate of drug-likeness (QED) is 0.332. The largest absolute Gasteiger partial charge is 0.490 e. The van der Waals surface area contributed by atoms with Crippen LogP contribution in [0.2, 0.25) is 0 Å². The molecule has 1 saturated carbocycles. The van der Waals surface area contributed by atoms with Crippen LogP contribution >= 0.6 is 0 Å². The topological polar surface area (TPSA) is 77.1 Å². The van der Waals surface area contributed by atoms with Crippen LogP contribution in [0.5, 0.6) is 11.5 Å². The van der Waals surface area contributed by atoms with Gasteiger partial charge in [0.25, 0.3) is 0 Å². The Morgan fingerprint density at radius 3 is 2.50 bits per heavy atom. The lowest BCUT2D eigenvalue weighted by atomic mass is 10.0. The molecule has 5 nitrogen and oxygen atoms in total. The van der Waals surface area contributed by atoms with Crippen molar-refractivity contribution in [2.45, 2.75) is 32.6 Å². The first-order chi connectivity index (χ1) is 9.69. The van der Waals surface area contributed by atoms with E-state index >= 15 is 0 Å². The van der Waals surface area contributed by atoms with Crippen LogP contribution < -0.4 is 15.2 Å². The average molecular weight is 278 g/mol. The molecule has 110 valence electrons. The molecule has 0 aromatic heterocycles. The van der Waals surface area contributed by atoms with Crippen molar-refractivity contribution in [3.8, 4) is 11.5 Å². The van der Waals surface area contributed by atoms with Crippen LogP contribution in [0.15, 0.2) is 29.4 Å². The van der Waals surface area contributed by atoms with Crippen LogP contribution in [-0.4, -0.2) is 24.3 Å². The zero-order valence-corrected chi connectivity index (χ0v) is 11.8. The fourth-order valence-corrected chi connectivity index (χ4v) is 2.10. The van der Waals surface area contributed by atoms with Crippen LogP contribution in [0.25, 0.3) is 0 Å². The van der Waals surface area contributed by atoms with E-state index in [9.17, 15) is 0 Å². The molecule has 3 N–H and O–H groups in total. The van der Waals surface area contributed by atoms with Gasteiger partial charge in [-0.25, -0.2) is 0 Å². The average Bonchev–Trinajstić information content (AvgIpc) is 3.23. The lowest BCUT2D eigenvalue weighted by molar-refractivity contribution is 0.219. The molecule has 1 aliphatic rings. The number of hydrogen-bond acceptors (Lipinski definition) is 4. The van der Waals surface area contributed by atoms with E-state index < -0.39 is 0 Å². The highest BCUT2D eigenvalue weighted by Crippen LogP contribution is 2.49. The molecule has 0 radical (unpaired) electrons. The normalized spacial score (nSPS) is 16.8. The zero-order valence-electron chi connectivity index (χ0n) is 11.8. The summed E-state index contributed by atoms with van der Waals surface area (Å²) in [4.78, 5) is 0. The van der Waals surface area contributed by atoms with E-state index in [0.29, 0.717) is 19.6 Å². The second-order valence-electron chi connectivity index (χ2n) is 5.35. The Labute approximate surface area is 119 Å². The van der Waals surface area contributed by atoms with Gasteiger partial charge in [0.15, 0.2) is 11.5 Å². The van der Waals surface area contributed by atoms with Gasteiger partial charge in [0, 0.05) is 11.8 Å². The molecule has 0 bridgehead atoms. The lowest BCUT2D eigenvalue weighted by Gasteiger charge is -2.17. The van der Waals surface area contributed by atoms with Gasteiger partial charge in [0.1, 0.15) is 5.84 Å². The molecule has 0 amide bonds. The number of ether oxygens (including phenoxy) is 2. The molecule has 0 atom stereocenters. The van der Waals surface area contributed by atoms with E-state index in [1.807, 2.05) is 24.3 Å². The van der Waals surface area contributed by atoms with E-state index in [0.717, 1.165) is 30.8 Å². The summed E-state index contributed by atoms with van der Waals surface area (Å²) in [6, 6.07) is 7.68. The Hall–Kier alpha value is -1.91. The molecule has 0 aliphatic heterocycles. The fourth-order valence-electron chi connectivity index (χ4n) is 2.10. The molecular formula is C15H22N2O3. The minimum Gasteiger partial charge on any atom is -0.490 e. The van der Waals surface area contributed by atoms with Crippen LogP contribution in [0.3, 0.4) is 0 Å². The number of nitrogens with two attached hydrogens (primary N) is 1. The summed E-state index contributed by atoms with van der Waals surface area (Å²) in [7, 11) is 0. The lowest BCUT2D eigenvalue weighted by Crippen LogP contribution is -2.22. The molecule has 0 heterocycles. The highest BCUT2D eigenvalue weighted by Gasteiger charge is 2.44. The molecule has 2 rings (SSSR count). The molecule has 0 unspecified atom stereocenters. The van der Waals surface area contributed by atoms with Gasteiger partial charge in [0.05, 0.1) is 13.2 Å². The number of amidine groups is 1. The van der Waals surface area contributed by atoms with Crippen molar-refractivity contribution in [2.24, 2.45) is 16.3 Å². The van der Waals surface area contributed by atoms with Crippen LogP contribution in [-0.2, 0) is 0 Å². The van der Waals surface area contributed by atoms with Gasteiger partial charge in [-0.05, 0) is 31.4 Å². The number of benzene rings is 1. The van der Waals surface area contributed by atoms with Gasteiger partial charge in [-0.2, -0.15) is 0 Å². The summed E-state index contributed by atoms with van der Waals surface area (Å²) in [6.07, 6.45) is 3.62. The summed E-state index contributed by atoms with van der Waals surface area (Å²) in [5.41, 5.74) is 5.61. The van der Waals surface area contributed by atoms with Crippen molar-refractivity contribution < 1.29 is 14.7 Å². The van der Waals surface area contributed by atoms with E-state index in [4.69, 9.17) is 20.4 Å². The molecule has 1 fully saturated rings. The Balaban J connectivity index is 1.94. The van der Waals surface area contributed by atoms with Crippen LogP contribution in [0.1, 0.15) is 32.6 Å². The van der Waals surface area contributed by atoms with E-state index in [1.54, 1.807) is 0 Å². The smallest absolute Gasteiger partial charge is 0.161 e. The SMILES string of the molecule is CCCOc1ccccc1OCC1(CC(N)=NO)CC1. The maximum absolute atomic E-state index is 8.65. The van der Waals surface area contributed by atoms with Crippen molar-refractivity contribution in [2.75, 3.05) is 13.2 Å². The Kier molecular flexibility index (Phi) is 4.71. The third kappa shape index (κ3) is 3.79. The first kappa shape index (κ1) is 14.5. The van der Waals surface area contributed by atoms with Crippen molar-refractivity contribution in [3.63, 3.8) is 0 Å². The Morgan fingerprint density at radius 1 is 1.30 bits per heavy atom. The summed E-state index contributed by atoms with van der Waals surface area (Å²) in [6.45, 7) is 3.31. The first-order valence-electron chi connectivity index (χ1n) is 7.00. The number of nitrogens with zero attached hydrogens (tertiary/aromatic N) is 1. The number of oxime groups is 1. The third-order valence-electron chi connectivity index (χ3n) is 3.49. The summed E-state index contributed by atoms with van der Waals surface area (Å²) >= 11 is 0. The summed E-state index contributed by atoms with van der Waals surface area (Å²) in [5, 5.41) is 11.7. The predicted molar refractivity (Wildman–Crippen MR) is 77.4 cm³/mol. The molecule has 0 spiro atoms. The zero-order chi connectivity index (χ0) is 14.4. The second-order valence-corrected chi connectivity index (χ2v) is 5.35. The van der Waals surface area contributed by atoms with Gasteiger partial charge in [-0.3, -0.25) is 0 Å². The Morgan fingerprint density at radius 2 is 1.95 bits per heavy atom. The van der Waals surface area contributed by atoms with Crippen molar-refractivity contribution in [1.82, 2.24) is 0 Å². The minimum absolute atomic E-state index is 0.0220. The van der Waals surface area contributed by atoms with E-state index in [2.05, 4.69) is 12.1 Å². The van der Waals surface area contributed by atoms with Gasteiger partial charge in [-0.1, -0.05) is 24.2 Å². The second kappa shape index (κ2) is 6.50. The molecule has 1 aliphatic carbocycles. The number of hydrogen-bond donors (Lipinski definition) is 2. The van der Waals surface area contributed by atoms with Gasteiger partial charge in [0.2, 0.25) is 0 Å². The monoisotopic (exact) mass is 278 g/mol. The highest BCUT2D eigenvalue weighted by atomic mass is 16.5. The number of rotatable bonds is 8. The molecule has 1 aromatic rings. The van der Waals surface area contributed by atoms with Crippen molar-refractivity contribution in [3.05, 3.63) is 24.3 Å². The molecule has 1 aromatic carbocycles. The maximum Gasteiger partial charge on any atom is 0.161 e. The first-order valence-corrected chi connectivity index (χ1v) is 7.00. The van der Waals surface area contributed by atoms with Gasteiger partial charge >= 0.3 is 0 Å². The van der Waals surface area contributed by atoms with E-state index in [1.165, 1.54) is 0 Å². The van der Waals surface area contributed by atoms with Gasteiger partial charge in [-0.15, -0.1) is 0 Å². The number of para-hydroxylation sites is 2. The van der Waals surface area contributed by atoms with Crippen LogP contribution in [0.4, 0.5) is 0 Å². The maximum atomic E-state index is 8.65. The fraction of sp³-hybridized carbons (Fsp3) is 0.533. The van der Waals surface area contributed by atoms with Gasteiger partial charge < -0.3 is 20.4 Å². The molecule has 5 heteroatoms.